The normalized spacial score (nSPS) is 23.9. The van der Waals surface area contributed by atoms with Gasteiger partial charge in [0, 0.05) is 30.8 Å². The van der Waals surface area contributed by atoms with Gasteiger partial charge in [-0.1, -0.05) is 0 Å². The molecule has 1 unspecified atom stereocenters. The molecular formula is C13H18N2O2. The van der Waals surface area contributed by atoms with Crippen LogP contribution in [0, 0.1) is 0 Å². The lowest BCUT2D eigenvalue weighted by Gasteiger charge is -2.15. The fourth-order valence-corrected chi connectivity index (χ4v) is 1.99. The minimum atomic E-state index is 0.193. The summed E-state index contributed by atoms with van der Waals surface area (Å²) >= 11 is 0. The van der Waals surface area contributed by atoms with E-state index in [-0.39, 0.29) is 6.10 Å². The largest absolute Gasteiger partial charge is 0.486 e. The molecule has 1 aromatic rings. The van der Waals surface area contributed by atoms with Crippen molar-refractivity contribution in [1.29, 1.82) is 0 Å². The van der Waals surface area contributed by atoms with Crippen molar-refractivity contribution in [3.63, 3.8) is 0 Å². The molecule has 0 radical (unpaired) electrons. The van der Waals surface area contributed by atoms with E-state index < -0.39 is 0 Å². The predicted molar refractivity (Wildman–Crippen MR) is 64.0 cm³/mol. The first-order valence-electron chi connectivity index (χ1n) is 6.32. The lowest BCUT2D eigenvalue weighted by molar-refractivity contribution is 0.140. The Morgan fingerprint density at radius 2 is 2.35 bits per heavy atom. The van der Waals surface area contributed by atoms with E-state index in [4.69, 9.17) is 9.47 Å². The summed E-state index contributed by atoms with van der Waals surface area (Å²) in [6.45, 7) is 2.38. The smallest absolute Gasteiger partial charge is 0.142 e. The van der Waals surface area contributed by atoms with Gasteiger partial charge in [0.1, 0.15) is 11.9 Å². The molecule has 1 aromatic heterocycles. The van der Waals surface area contributed by atoms with Crippen molar-refractivity contribution in [3.05, 3.63) is 24.0 Å². The maximum absolute atomic E-state index is 5.93. The third kappa shape index (κ3) is 2.96. The van der Waals surface area contributed by atoms with Crippen LogP contribution in [0.2, 0.25) is 0 Å². The lowest BCUT2D eigenvalue weighted by atomic mass is 10.2. The number of rotatable bonds is 5. The molecule has 92 valence electrons. The van der Waals surface area contributed by atoms with Crippen molar-refractivity contribution in [1.82, 2.24) is 10.3 Å². The van der Waals surface area contributed by atoms with Crippen LogP contribution in [-0.2, 0) is 11.3 Å². The summed E-state index contributed by atoms with van der Waals surface area (Å²) in [6.07, 6.45) is 7.41. The van der Waals surface area contributed by atoms with E-state index in [2.05, 4.69) is 10.3 Å². The SMILES string of the molecule is c1cc(CNC2CC2)c(OC2CCOC2)cn1. The van der Waals surface area contributed by atoms with Crippen LogP contribution in [0.3, 0.4) is 0 Å². The summed E-state index contributed by atoms with van der Waals surface area (Å²) in [5.41, 5.74) is 1.19. The molecule has 4 nitrogen and oxygen atoms in total. The van der Waals surface area contributed by atoms with Crippen LogP contribution in [0.15, 0.2) is 18.5 Å². The standard InChI is InChI=1S/C13H18N2O2/c1-2-11(1)15-7-10-3-5-14-8-13(10)17-12-4-6-16-9-12/h3,5,8,11-12,15H,1-2,4,6-7,9H2. The molecule has 2 fully saturated rings. The maximum atomic E-state index is 5.93. The van der Waals surface area contributed by atoms with Crippen LogP contribution < -0.4 is 10.1 Å². The van der Waals surface area contributed by atoms with Crippen LogP contribution in [-0.4, -0.2) is 30.3 Å². The molecule has 2 aliphatic rings. The zero-order valence-corrected chi connectivity index (χ0v) is 9.89. The van der Waals surface area contributed by atoms with E-state index in [0.717, 1.165) is 25.3 Å². The van der Waals surface area contributed by atoms with E-state index in [1.165, 1.54) is 18.4 Å². The first-order valence-corrected chi connectivity index (χ1v) is 6.32. The van der Waals surface area contributed by atoms with Crippen molar-refractivity contribution in [2.75, 3.05) is 13.2 Å². The second kappa shape index (κ2) is 5.02. The summed E-state index contributed by atoms with van der Waals surface area (Å²) in [7, 11) is 0. The Balaban J connectivity index is 1.63. The van der Waals surface area contributed by atoms with Gasteiger partial charge in [0.15, 0.2) is 0 Å². The fourth-order valence-electron chi connectivity index (χ4n) is 1.99. The Hall–Kier alpha value is -1.13. The molecule has 1 N–H and O–H groups in total. The van der Waals surface area contributed by atoms with Crippen LogP contribution >= 0.6 is 0 Å². The Labute approximate surface area is 101 Å². The molecule has 0 amide bonds. The lowest BCUT2D eigenvalue weighted by Crippen LogP contribution is -2.20. The molecule has 0 bridgehead atoms. The quantitative estimate of drug-likeness (QED) is 0.838. The van der Waals surface area contributed by atoms with Crippen LogP contribution in [0.5, 0.6) is 5.75 Å². The number of nitrogens with one attached hydrogen (secondary N) is 1. The van der Waals surface area contributed by atoms with Gasteiger partial charge in [-0.05, 0) is 18.9 Å². The van der Waals surface area contributed by atoms with Gasteiger partial charge >= 0.3 is 0 Å². The predicted octanol–water partition coefficient (Wildman–Crippen LogP) is 1.50. The Kier molecular flexibility index (Phi) is 3.25. The van der Waals surface area contributed by atoms with Crippen molar-refractivity contribution in [2.24, 2.45) is 0 Å². The van der Waals surface area contributed by atoms with E-state index in [9.17, 15) is 0 Å². The topological polar surface area (TPSA) is 43.4 Å². The Morgan fingerprint density at radius 1 is 1.41 bits per heavy atom. The number of ether oxygens (including phenoxy) is 2. The summed E-state index contributed by atoms with van der Waals surface area (Å²) in [5.74, 6) is 0.899. The highest BCUT2D eigenvalue weighted by molar-refractivity contribution is 5.30. The van der Waals surface area contributed by atoms with E-state index in [0.29, 0.717) is 12.6 Å². The number of hydrogen-bond donors (Lipinski definition) is 1. The van der Waals surface area contributed by atoms with Crippen molar-refractivity contribution in [3.8, 4) is 5.75 Å². The molecule has 1 atom stereocenters. The van der Waals surface area contributed by atoms with Gasteiger partial charge in [-0.2, -0.15) is 0 Å². The molecule has 0 spiro atoms. The number of nitrogens with zero attached hydrogens (tertiary/aromatic N) is 1. The summed E-state index contributed by atoms with van der Waals surface area (Å²) in [6, 6.07) is 2.74. The van der Waals surface area contributed by atoms with Gasteiger partial charge in [-0.25, -0.2) is 0 Å². The molecule has 17 heavy (non-hydrogen) atoms. The highest BCUT2D eigenvalue weighted by atomic mass is 16.5. The van der Waals surface area contributed by atoms with Crippen molar-refractivity contribution >= 4 is 0 Å². The maximum Gasteiger partial charge on any atom is 0.142 e. The fraction of sp³-hybridized carbons (Fsp3) is 0.615. The Bertz CT molecular complexity index is 373. The first kappa shape index (κ1) is 11.0. The molecule has 0 aromatic carbocycles. The highest BCUT2D eigenvalue weighted by Crippen LogP contribution is 2.23. The average Bonchev–Trinajstić information content (AvgIpc) is 3.05. The Morgan fingerprint density at radius 3 is 3.12 bits per heavy atom. The zero-order chi connectivity index (χ0) is 11.5. The molecule has 1 aliphatic heterocycles. The van der Waals surface area contributed by atoms with Gasteiger partial charge in [-0.3, -0.25) is 4.98 Å². The van der Waals surface area contributed by atoms with Gasteiger partial charge in [-0.15, -0.1) is 0 Å². The van der Waals surface area contributed by atoms with Gasteiger partial charge < -0.3 is 14.8 Å². The van der Waals surface area contributed by atoms with Crippen molar-refractivity contribution in [2.45, 2.75) is 38.0 Å². The monoisotopic (exact) mass is 234 g/mol. The van der Waals surface area contributed by atoms with Crippen LogP contribution in [0.4, 0.5) is 0 Å². The second-order valence-electron chi connectivity index (χ2n) is 4.74. The van der Waals surface area contributed by atoms with Gasteiger partial charge in [0.25, 0.3) is 0 Å². The zero-order valence-electron chi connectivity index (χ0n) is 9.89. The van der Waals surface area contributed by atoms with Crippen LogP contribution in [0.1, 0.15) is 24.8 Å². The molecule has 1 saturated carbocycles. The summed E-state index contributed by atoms with van der Waals surface area (Å²) in [5, 5.41) is 3.50. The first-order chi connectivity index (χ1) is 8.42. The minimum absolute atomic E-state index is 0.193. The molecule has 1 aliphatic carbocycles. The third-order valence-corrected chi connectivity index (χ3v) is 3.21. The van der Waals surface area contributed by atoms with E-state index >= 15 is 0 Å². The van der Waals surface area contributed by atoms with E-state index in [1.807, 2.05) is 18.5 Å². The van der Waals surface area contributed by atoms with Gasteiger partial charge in [0.05, 0.1) is 19.4 Å². The number of aromatic nitrogens is 1. The molecule has 2 heterocycles. The molecule has 3 rings (SSSR count). The highest BCUT2D eigenvalue weighted by Gasteiger charge is 2.22. The summed E-state index contributed by atoms with van der Waals surface area (Å²) in [4.78, 5) is 4.14. The van der Waals surface area contributed by atoms with Crippen molar-refractivity contribution < 1.29 is 9.47 Å². The van der Waals surface area contributed by atoms with Crippen LogP contribution in [0.25, 0.3) is 0 Å². The average molecular weight is 234 g/mol. The third-order valence-electron chi connectivity index (χ3n) is 3.21. The molecular weight excluding hydrogens is 216 g/mol. The van der Waals surface area contributed by atoms with E-state index in [1.54, 1.807) is 0 Å². The number of hydrogen-bond acceptors (Lipinski definition) is 4. The minimum Gasteiger partial charge on any atom is -0.486 e. The second-order valence-corrected chi connectivity index (χ2v) is 4.74. The summed E-state index contributed by atoms with van der Waals surface area (Å²) < 4.78 is 11.2. The van der Waals surface area contributed by atoms with Gasteiger partial charge in [0.2, 0.25) is 0 Å². The molecule has 1 saturated heterocycles. The number of pyridine rings is 1. The molecule has 4 heteroatoms.